The van der Waals surface area contributed by atoms with E-state index in [1.165, 1.54) is 6.08 Å². The molecule has 2 aromatic rings. The van der Waals surface area contributed by atoms with Crippen molar-refractivity contribution < 1.29 is 33.1 Å². The summed E-state index contributed by atoms with van der Waals surface area (Å²) in [5.74, 6) is -0.845. The molecule has 2 heterocycles. The van der Waals surface area contributed by atoms with Crippen molar-refractivity contribution in [2.24, 2.45) is 11.8 Å². The average molecular weight is 483 g/mol. The number of aliphatic hydroxyl groups excluding tert-OH is 1. The number of ketones is 1. The van der Waals surface area contributed by atoms with Crippen molar-refractivity contribution in [1.82, 2.24) is 15.5 Å². The molecule has 5 rings (SSSR count). The van der Waals surface area contributed by atoms with E-state index in [4.69, 9.17) is 14.0 Å². The molecule has 1 saturated carbocycles. The molecule has 1 aliphatic heterocycles. The number of carbonyl (C=O) groups excluding carboxylic acids is 2. The van der Waals surface area contributed by atoms with Gasteiger partial charge in [0.05, 0.1) is 31.3 Å². The highest BCUT2D eigenvalue weighted by atomic mass is 19.1. The number of allylic oxidation sites excluding steroid dienone is 3. The Morgan fingerprint density at radius 1 is 1.23 bits per heavy atom. The van der Waals surface area contributed by atoms with Crippen LogP contribution in [0, 0.1) is 11.8 Å². The van der Waals surface area contributed by atoms with E-state index in [2.05, 4.69) is 15.5 Å². The Morgan fingerprint density at radius 3 is 2.66 bits per heavy atom. The number of amides is 1. The van der Waals surface area contributed by atoms with Gasteiger partial charge in [-0.25, -0.2) is 4.39 Å². The van der Waals surface area contributed by atoms with Crippen molar-refractivity contribution in [3.8, 4) is 5.75 Å². The number of aliphatic hydroxyl groups is 1. The number of aromatic nitrogens is 2. The summed E-state index contributed by atoms with van der Waals surface area (Å²) < 4.78 is 31.0. The molecule has 9 nitrogen and oxygen atoms in total. The molecular weight excluding hydrogens is 457 g/mol. The Balaban J connectivity index is 1.19. The van der Waals surface area contributed by atoms with Crippen molar-refractivity contribution in [2.75, 3.05) is 13.2 Å². The smallest absolute Gasteiger partial charge is 0.267 e. The minimum Gasteiger partial charge on any atom is -0.481 e. The first kappa shape index (κ1) is 23.4. The Hall–Kier alpha value is -3.37. The fourth-order valence-electron chi connectivity index (χ4n) is 4.07. The molecule has 2 aliphatic carbocycles. The zero-order valence-corrected chi connectivity index (χ0v) is 19.1. The molecule has 2 fully saturated rings. The number of carbonyl (C=O) groups is 2. The topological polar surface area (TPSA) is 124 Å². The number of hydrogen-bond donors (Lipinski definition) is 2. The van der Waals surface area contributed by atoms with Crippen LogP contribution in [0.25, 0.3) is 5.57 Å². The van der Waals surface area contributed by atoms with Crippen LogP contribution in [0.5, 0.6) is 5.75 Å². The maximum atomic E-state index is 14.7. The zero-order valence-electron chi connectivity index (χ0n) is 19.1. The van der Waals surface area contributed by atoms with E-state index in [-0.39, 0.29) is 43.1 Å². The summed E-state index contributed by atoms with van der Waals surface area (Å²) in [7, 11) is 0. The van der Waals surface area contributed by atoms with Crippen LogP contribution in [-0.2, 0) is 9.53 Å². The lowest BCUT2D eigenvalue weighted by Crippen LogP contribution is -2.45. The number of benzene rings is 1. The van der Waals surface area contributed by atoms with Gasteiger partial charge in [-0.3, -0.25) is 9.59 Å². The Morgan fingerprint density at radius 2 is 2.00 bits per heavy atom. The molecule has 1 saturated heterocycles. The molecule has 1 aromatic heterocycles. The van der Waals surface area contributed by atoms with Gasteiger partial charge < -0.3 is 24.4 Å². The molecule has 35 heavy (non-hydrogen) atoms. The Bertz CT molecular complexity index is 1170. The van der Waals surface area contributed by atoms with Crippen molar-refractivity contribution in [3.63, 3.8) is 0 Å². The second-order valence-electron chi connectivity index (χ2n) is 9.08. The fourth-order valence-corrected chi connectivity index (χ4v) is 4.07. The van der Waals surface area contributed by atoms with Gasteiger partial charge in [0.25, 0.3) is 5.89 Å². The SMILES string of the molecule is C[C@@H](Oc1ccc(C(=O)C2CC2)cc1)c1nc(C2=CCC(C(=O)NC3COC[C@@H]3O)C(F)=C2)no1. The van der Waals surface area contributed by atoms with Gasteiger partial charge in [0.15, 0.2) is 11.9 Å². The quantitative estimate of drug-likeness (QED) is 0.550. The van der Waals surface area contributed by atoms with Gasteiger partial charge in [-0.1, -0.05) is 11.2 Å². The van der Waals surface area contributed by atoms with E-state index in [1.54, 1.807) is 37.3 Å². The average Bonchev–Trinajstić information content (AvgIpc) is 3.44. The number of nitrogens with zero attached hydrogens (tertiary/aromatic N) is 2. The summed E-state index contributed by atoms with van der Waals surface area (Å²) >= 11 is 0. The highest BCUT2D eigenvalue weighted by Gasteiger charge is 2.33. The zero-order chi connectivity index (χ0) is 24.5. The molecule has 4 atom stereocenters. The van der Waals surface area contributed by atoms with Crippen LogP contribution in [0.2, 0.25) is 0 Å². The van der Waals surface area contributed by atoms with Gasteiger partial charge >= 0.3 is 0 Å². The molecule has 1 aromatic carbocycles. The number of Topliss-reactive ketones (excluding diaryl/α,β-unsaturated/α-hetero) is 1. The van der Waals surface area contributed by atoms with E-state index in [0.29, 0.717) is 16.9 Å². The van der Waals surface area contributed by atoms with Crippen molar-refractivity contribution in [3.05, 3.63) is 59.5 Å². The van der Waals surface area contributed by atoms with E-state index < -0.39 is 35.9 Å². The fraction of sp³-hybridized carbons (Fsp3) is 0.440. The van der Waals surface area contributed by atoms with Crippen molar-refractivity contribution in [2.45, 2.75) is 44.4 Å². The largest absolute Gasteiger partial charge is 0.481 e. The predicted octanol–water partition coefficient (Wildman–Crippen LogP) is 2.93. The van der Waals surface area contributed by atoms with Gasteiger partial charge in [0, 0.05) is 17.1 Å². The van der Waals surface area contributed by atoms with E-state index in [0.717, 1.165) is 12.8 Å². The molecule has 0 radical (unpaired) electrons. The predicted molar refractivity (Wildman–Crippen MR) is 121 cm³/mol. The summed E-state index contributed by atoms with van der Waals surface area (Å²) in [6.07, 6.45) is 3.54. The second kappa shape index (κ2) is 9.71. The summed E-state index contributed by atoms with van der Waals surface area (Å²) in [5.41, 5.74) is 1.08. The van der Waals surface area contributed by atoms with Crippen LogP contribution in [0.15, 0.2) is 46.8 Å². The maximum absolute atomic E-state index is 14.7. The molecule has 3 aliphatic rings. The van der Waals surface area contributed by atoms with Gasteiger partial charge in [-0.2, -0.15) is 4.98 Å². The van der Waals surface area contributed by atoms with E-state index in [1.807, 2.05) is 0 Å². The summed E-state index contributed by atoms with van der Waals surface area (Å²) in [4.78, 5) is 28.9. The highest BCUT2D eigenvalue weighted by molar-refractivity contribution is 5.99. The molecule has 184 valence electrons. The lowest BCUT2D eigenvalue weighted by atomic mass is 9.94. The first-order valence-electron chi connectivity index (χ1n) is 11.7. The van der Waals surface area contributed by atoms with Crippen molar-refractivity contribution >= 4 is 17.3 Å². The lowest BCUT2D eigenvalue weighted by Gasteiger charge is -2.21. The van der Waals surface area contributed by atoms with Crippen molar-refractivity contribution in [1.29, 1.82) is 0 Å². The third kappa shape index (κ3) is 5.18. The molecule has 2 N–H and O–H groups in total. The number of rotatable bonds is 8. The summed E-state index contributed by atoms with van der Waals surface area (Å²) in [5, 5.41) is 16.3. The highest BCUT2D eigenvalue weighted by Crippen LogP contribution is 2.33. The van der Waals surface area contributed by atoms with E-state index in [9.17, 15) is 19.1 Å². The first-order chi connectivity index (χ1) is 16.9. The first-order valence-corrected chi connectivity index (χ1v) is 11.7. The molecule has 2 unspecified atom stereocenters. The van der Waals surface area contributed by atoms with Crippen LogP contribution < -0.4 is 10.1 Å². The molecule has 10 heteroatoms. The standard InChI is InChI=1S/C25H26FN3O6/c1-13(34-17-7-4-15(5-8-17)22(31)14-2-3-14)25-28-23(29-35-25)16-6-9-18(19(26)10-16)24(32)27-20-11-33-12-21(20)30/h4-8,10,13-14,18,20-21,30H,2-3,9,11-12H2,1H3,(H,27,32)/t13-,18?,20?,21+/m1/s1. The van der Waals surface area contributed by atoms with Gasteiger partial charge in [0.1, 0.15) is 11.6 Å². The monoisotopic (exact) mass is 483 g/mol. The van der Waals surface area contributed by atoms with Crippen LogP contribution in [0.4, 0.5) is 4.39 Å². The van der Waals surface area contributed by atoms with Crippen LogP contribution in [0.1, 0.15) is 54.4 Å². The Kier molecular flexibility index (Phi) is 6.48. The second-order valence-corrected chi connectivity index (χ2v) is 9.08. The number of ether oxygens (including phenoxy) is 2. The molecular formula is C25H26FN3O6. The number of hydrogen-bond acceptors (Lipinski definition) is 8. The number of nitrogens with one attached hydrogen (secondary N) is 1. The van der Waals surface area contributed by atoms with Gasteiger partial charge in [0.2, 0.25) is 11.7 Å². The normalized spacial score (nSPS) is 24.9. The van der Waals surface area contributed by atoms with Gasteiger partial charge in [-0.05, 0) is 56.5 Å². The molecule has 0 bridgehead atoms. The lowest BCUT2D eigenvalue weighted by molar-refractivity contribution is -0.125. The minimum atomic E-state index is -0.991. The molecule has 0 spiro atoms. The molecule has 1 amide bonds. The number of halogens is 1. The third-order valence-corrected chi connectivity index (χ3v) is 6.34. The van der Waals surface area contributed by atoms with Crippen LogP contribution >= 0.6 is 0 Å². The van der Waals surface area contributed by atoms with Crippen LogP contribution in [0.3, 0.4) is 0 Å². The van der Waals surface area contributed by atoms with Crippen LogP contribution in [-0.4, -0.2) is 52.3 Å². The third-order valence-electron chi connectivity index (χ3n) is 6.34. The Labute approximate surface area is 201 Å². The minimum absolute atomic E-state index is 0.120. The summed E-state index contributed by atoms with van der Waals surface area (Å²) in [6.45, 7) is 2.08. The van der Waals surface area contributed by atoms with Gasteiger partial charge in [-0.15, -0.1) is 0 Å². The van der Waals surface area contributed by atoms with E-state index >= 15 is 0 Å². The summed E-state index contributed by atoms with van der Waals surface area (Å²) in [6, 6.07) is 6.40. The maximum Gasteiger partial charge on any atom is 0.267 e.